The smallest absolute Gasteiger partial charge is 0.336 e. The van der Waals surface area contributed by atoms with E-state index in [1.165, 1.54) is 4.31 Å². The number of sulfonamides is 1. The average molecular weight is 518 g/mol. The van der Waals surface area contributed by atoms with Crippen molar-refractivity contribution in [2.24, 2.45) is 0 Å². The van der Waals surface area contributed by atoms with Crippen LogP contribution in [0, 0.1) is 17.1 Å². The minimum atomic E-state index is -4.90. The Hall–Kier alpha value is -2.27. The summed E-state index contributed by atoms with van der Waals surface area (Å²) in [5.74, 6) is -2.64. The molecule has 1 amide bonds. The molecule has 13 heteroatoms. The Bertz CT molecular complexity index is 1070. The summed E-state index contributed by atoms with van der Waals surface area (Å²) < 4.78 is 82.6. The molecule has 2 aliphatic carbocycles. The molecule has 192 valence electrons. The van der Waals surface area contributed by atoms with E-state index in [9.17, 15) is 36.0 Å². The summed E-state index contributed by atoms with van der Waals surface area (Å²) in [5.41, 5.74) is -1.56. The molecular weight excluding hydrogens is 490 g/mol. The fraction of sp³-hybridized carbons (Fsp3) is 0.636. The van der Waals surface area contributed by atoms with Gasteiger partial charge in [-0.15, -0.1) is 0 Å². The molecule has 2 atom stereocenters. The Morgan fingerprint density at radius 3 is 2.23 bits per heavy atom. The average Bonchev–Trinajstić information content (AvgIpc) is 3.72. The lowest BCUT2D eigenvalue weighted by atomic mass is 10.0. The SMILES string of the molecule is N#CC1(NC(=O)[C@H](CS(=O)(=O)N2CCN(C3CC3)CC2)N[C@@H](c2ccc(F)cc2)C(F)(F)F)CC1. The maximum absolute atomic E-state index is 14.0. The molecule has 2 saturated carbocycles. The van der Waals surface area contributed by atoms with Crippen LogP contribution in [0.4, 0.5) is 17.6 Å². The molecule has 8 nitrogen and oxygen atoms in total. The number of alkyl halides is 3. The van der Waals surface area contributed by atoms with E-state index in [-0.39, 0.29) is 18.7 Å². The van der Waals surface area contributed by atoms with Crippen LogP contribution in [0.3, 0.4) is 0 Å². The van der Waals surface area contributed by atoms with Gasteiger partial charge in [-0.05, 0) is 43.4 Å². The summed E-state index contributed by atoms with van der Waals surface area (Å²) in [5, 5.41) is 13.8. The molecule has 1 aliphatic heterocycles. The van der Waals surface area contributed by atoms with E-state index in [2.05, 4.69) is 15.5 Å². The number of halogens is 4. The van der Waals surface area contributed by atoms with Crippen LogP contribution in [-0.2, 0) is 14.8 Å². The standard InChI is InChI=1S/C22H27F4N5O3S/c23-16-3-1-15(2-4-16)19(22(24,25)26)28-18(20(32)29-21(14-27)7-8-21)13-35(33,34)31-11-9-30(10-12-31)17-5-6-17/h1-4,17-19,28H,5-13H2,(H,29,32)/t18-,19-/m0/s1. The summed E-state index contributed by atoms with van der Waals surface area (Å²) in [6.07, 6.45) is -2.09. The Balaban J connectivity index is 1.54. The third-order valence-electron chi connectivity index (χ3n) is 6.65. The minimum Gasteiger partial charge on any atom is -0.336 e. The fourth-order valence-electron chi connectivity index (χ4n) is 4.25. The van der Waals surface area contributed by atoms with Crippen molar-refractivity contribution < 1.29 is 30.8 Å². The monoisotopic (exact) mass is 517 g/mol. The Morgan fingerprint density at radius 1 is 1.14 bits per heavy atom. The molecule has 0 unspecified atom stereocenters. The normalized spacial score (nSPS) is 22.7. The largest absolute Gasteiger partial charge is 0.407 e. The maximum Gasteiger partial charge on any atom is 0.407 e. The summed E-state index contributed by atoms with van der Waals surface area (Å²) in [7, 11) is -4.11. The molecule has 0 bridgehead atoms. The molecule has 1 heterocycles. The van der Waals surface area contributed by atoms with Crippen LogP contribution in [0.15, 0.2) is 24.3 Å². The quantitative estimate of drug-likeness (QED) is 0.483. The van der Waals surface area contributed by atoms with Crippen LogP contribution >= 0.6 is 0 Å². The number of piperazine rings is 1. The first kappa shape index (κ1) is 25.8. The van der Waals surface area contributed by atoms with Crippen LogP contribution in [0.25, 0.3) is 0 Å². The summed E-state index contributed by atoms with van der Waals surface area (Å²) in [6.45, 7) is 1.42. The van der Waals surface area contributed by atoms with Gasteiger partial charge in [0.1, 0.15) is 23.4 Å². The van der Waals surface area contributed by atoms with Crippen molar-refractivity contribution in [3.63, 3.8) is 0 Å². The first-order chi connectivity index (χ1) is 16.4. The van der Waals surface area contributed by atoms with E-state index in [0.717, 1.165) is 37.1 Å². The predicted molar refractivity (Wildman–Crippen MR) is 118 cm³/mol. The number of nitrogens with one attached hydrogen (secondary N) is 2. The second-order valence-corrected chi connectivity index (χ2v) is 11.4. The molecular formula is C22H27F4N5O3S. The van der Waals surface area contributed by atoms with Gasteiger partial charge in [0.25, 0.3) is 0 Å². The van der Waals surface area contributed by atoms with Gasteiger partial charge in [0, 0.05) is 32.2 Å². The van der Waals surface area contributed by atoms with E-state index in [1.807, 2.05) is 6.07 Å². The number of nitrogens with zero attached hydrogens (tertiary/aromatic N) is 3. The zero-order chi connectivity index (χ0) is 25.4. The van der Waals surface area contributed by atoms with Gasteiger partial charge in [-0.1, -0.05) is 12.1 Å². The van der Waals surface area contributed by atoms with Gasteiger partial charge in [0.15, 0.2) is 0 Å². The van der Waals surface area contributed by atoms with E-state index in [1.54, 1.807) is 0 Å². The predicted octanol–water partition coefficient (Wildman–Crippen LogP) is 1.67. The lowest BCUT2D eigenvalue weighted by molar-refractivity contribution is -0.160. The molecule has 1 saturated heterocycles. The van der Waals surface area contributed by atoms with Crippen LogP contribution in [-0.4, -0.2) is 79.3 Å². The first-order valence-corrected chi connectivity index (χ1v) is 13.1. The minimum absolute atomic E-state index is 0.190. The summed E-state index contributed by atoms with van der Waals surface area (Å²) in [4.78, 5) is 15.2. The number of amides is 1. The molecule has 0 aromatic heterocycles. The lowest BCUT2D eigenvalue weighted by Gasteiger charge is -2.35. The molecule has 3 aliphatic rings. The van der Waals surface area contributed by atoms with E-state index in [0.29, 0.717) is 32.0 Å². The molecule has 3 fully saturated rings. The van der Waals surface area contributed by atoms with Crippen LogP contribution in [0.2, 0.25) is 0 Å². The highest BCUT2D eigenvalue weighted by atomic mass is 32.2. The van der Waals surface area contributed by atoms with E-state index >= 15 is 0 Å². The third kappa shape index (κ3) is 6.30. The van der Waals surface area contributed by atoms with Crippen LogP contribution in [0.1, 0.15) is 37.3 Å². The van der Waals surface area contributed by atoms with E-state index in [4.69, 9.17) is 0 Å². The molecule has 35 heavy (non-hydrogen) atoms. The van der Waals surface area contributed by atoms with Gasteiger partial charge in [-0.3, -0.25) is 15.0 Å². The number of hydrogen-bond acceptors (Lipinski definition) is 6. The number of nitriles is 1. The first-order valence-electron chi connectivity index (χ1n) is 11.5. The van der Waals surface area contributed by atoms with Gasteiger partial charge in [0.05, 0.1) is 11.8 Å². The Kier molecular flexibility index (Phi) is 7.11. The number of hydrogen-bond donors (Lipinski definition) is 2. The van der Waals surface area contributed by atoms with Crippen molar-refractivity contribution in [1.82, 2.24) is 19.8 Å². The molecule has 4 rings (SSSR count). The number of benzene rings is 1. The van der Waals surface area contributed by atoms with Crippen LogP contribution in [0.5, 0.6) is 0 Å². The number of rotatable bonds is 9. The van der Waals surface area contributed by atoms with Gasteiger partial charge in [-0.25, -0.2) is 12.8 Å². The van der Waals surface area contributed by atoms with Crippen molar-refractivity contribution in [3.05, 3.63) is 35.6 Å². The van der Waals surface area contributed by atoms with Crippen molar-refractivity contribution in [2.75, 3.05) is 31.9 Å². The van der Waals surface area contributed by atoms with Gasteiger partial charge < -0.3 is 5.32 Å². The number of carbonyl (C=O) groups excluding carboxylic acids is 1. The van der Waals surface area contributed by atoms with Gasteiger partial charge in [0.2, 0.25) is 15.9 Å². The number of carbonyl (C=O) groups is 1. The lowest BCUT2D eigenvalue weighted by Crippen LogP contribution is -2.57. The zero-order valence-electron chi connectivity index (χ0n) is 18.9. The molecule has 1 aromatic rings. The second kappa shape index (κ2) is 9.65. The van der Waals surface area contributed by atoms with E-state index < -0.39 is 51.3 Å². The van der Waals surface area contributed by atoms with Gasteiger partial charge in [-0.2, -0.15) is 22.7 Å². The summed E-state index contributed by atoms with van der Waals surface area (Å²) in [6, 6.07) is 1.75. The highest BCUT2D eigenvalue weighted by Crippen LogP contribution is 2.36. The second-order valence-electron chi connectivity index (χ2n) is 9.37. The third-order valence-corrected chi connectivity index (χ3v) is 8.56. The van der Waals surface area contributed by atoms with Gasteiger partial charge >= 0.3 is 6.18 Å². The highest BCUT2D eigenvalue weighted by Gasteiger charge is 2.48. The maximum atomic E-state index is 14.0. The Morgan fingerprint density at radius 2 is 1.74 bits per heavy atom. The van der Waals surface area contributed by atoms with Crippen molar-refractivity contribution in [2.45, 2.75) is 55.5 Å². The molecule has 0 spiro atoms. The Labute approximate surface area is 201 Å². The van der Waals surface area contributed by atoms with Crippen molar-refractivity contribution in [3.8, 4) is 6.07 Å². The van der Waals surface area contributed by atoms with Crippen molar-refractivity contribution >= 4 is 15.9 Å². The molecule has 0 radical (unpaired) electrons. The van der Waals surface area contributed by atoms with Crippen molar-refractivity contribution in [1.29, 1.82) is 5.26 Å². The molecule has 1 aromatic carbocycles. The topological polar surface area (TPSA) is 106 Å². The molecule has 2 N–H and O–H groups in total. The zero-order valence-corrected chi connectivity index (χ0v) is 19.7. The summed E-state index contributed by atoms with van der Waals surface area (Å²) >= 11 is 0. The fourth-order valence-corrected chi connectivity index (χ4v) is 5.85. The van der Waals surface area contributed by atoms with Crippen LogP contribution < -0.4 is 10.6 Å². The highest BCUT2D eigenvalue weighted by molar-refractivity contribution is 7.89.